The van der Waals surface area contributed by atoms with E-state index in [2.05, 4.69) is 102 Å². The van der Waals surface area contributed by atoms with E-state index in [9.17, 15) is 0 Å². The first-order valence-corrected chi connectivity index (χ1v) is 9.46. The van der Waals surface area contributed by atoms with Gasteiger partial charge >= 0.3 is 0 Å². The Morgan fingerprint density at radius 2 is 1.28 bits per heavy atom. The van der Waals surface area contributed by atoms with Crippen molar-refractivity contribution < 1.29 is 0 Å². The molecule has 0 atom stereocenters. The zero-order valence-corrected chi connectivity index (χ0v) is 18.1. The Kier molecular flexibility index (Phi) is 5.58. The first-order chi connectivity index (χ1) is 8.41. The summed E-state index contributed by atoms with van der Waals surface area (Å²) < 4.78 is 6.09. The first kappa shape index (κ1) is 15.7. The molecule has 0 saturated heterocycles. The van der Waals surface area contributed by atoms with Gasteiger partial charge in [0.15, 0.2) is 0 Å². The molecule has 0 fully saturated rings. The average Bonchev–Trinajstić information content (AvgIpc) is 2.31. The Hall–Kier alpha value is 1.32. The molecule has 2 aromatic rings. The molecule has 0 nitrogen and oxygen atoms in total. The lowest BCUT2D eigenvalue weighted by atomic mass is 10.1. The molecule has 0 radical (unpaired) electrons. The van der Waals surface area contributed by atoms with Gasteiger partial charge in [0.1, 0.15) is 0 Å². The largest absolute Gasteiger partial charge is 0.0508 e. The fourth-order valence-electron chi connectivity index (χ4n) is 1.50. The molecule has 0 saturated carbocycles. The topological polar surface area (TPSA) is 0 Å². The third kappa shape index (κ3) is 3.14. The minimum absolute atomic E-state index is 0.993. The fourth-order valence-corrected chi connectivity index (χ4v) is 5.17. The second-order valence-corrected chi connectivity index (χ2v) is 8.53. The van der Waals surface area contributed by atoms with E-state index in [4.69, 9.17) is 0 Å². The Balaban J connectivity index is 2.79. The van der Waals surface area contributed by atoms with E-state index in [-0.39, 0.29) is 0 Å². The van der Waals surface area contributed by atoms with Crippen LogP contribution in [0.3, 0.4) is 0 Å². The maximum Gasteiger partial charge on any atom is 0.0466 e. The number of benzene rings is 2. The average molecular weight is 628 g/mol. The molecule has 6 heteroatoms. The summed E-state index contributed by atoms with van der Waals surface area (Å²) in [5, 5.41) is 0. The quantitative estimate of drug-likeness (QED) is 0.223. The van der Waals surface area contributed by atoms with Crippen LogP contribution >= 0.6 is 95.6 Å². The lowest BCUT2D eigenvalue weighted by Gasteiger charge is -2.13. The summed E-state index contributed by atoms with van der Waals surface area (Å²) in [7, 11) is 0. The summed E-state index contributed by atoms with van der Waals surface area (Å²) in [5.41, 5.74) is 2.20. The van der Waals surface area contributed by atoms with Gasteiger partial charge in [-0.05, 0) is 77.6 Å². The van der Waals surface area contributed by atoms with Gasteiger partial charge in [0, 0.05) is 32.4 Å². The van der Waals surface area contributed by atoms with Crippen molar-refractivity contribution >= 4 is 95.6 Å². The smallest absolute Gasteiger partial charge is 0.0466 e. The van der Waals surface area contributed by atoms with E-state index in [1.54, 1.807) is 0 Å². The molecule has 0 unspecified atom stereocenters. The predicted molar refractivity (Wildman–Crippen MR) is 98.1 cm³/mol. The molecule has 18 heavy (non-hydrogen) atoms. The minimum atomic E-state index is 0.993. The van der Waals surface area contributed by atoms with Crippen LogP contribution in [0.15, 0.2) is 51.1 Å². The molecule has 0 aliphatic carbocycles. The van der Waals surface area contributed by atoms with Crippen LogP contribution < -0.4 is 0 Å². The molecule has 0 amide bonds. The molecular formula is C12H4Br6. The van der Waals surface area contributed by atoms with Crippen molar-refractivity contribution in [3.8, 4) is 11.1 Å². The Morgan fingerprint density at radius 3 is 1.94 bits per heavy atom. The summed E-state index contributed by atoms with van der Waals surface area (Å²) >= 11 is 21.4. The second kappa shape index (κ2) is 6.39. The van der Waals surface area contributed by atoms with Crippen LogP contribution in [0.1, 0.15) is 0 Å². The van der Waals surface area contributed by atoms with Gasteiger partial charge in [0.25, 0.3) is 0 Å². The van der Waals surface area contributed by atoms with Crippen LogP contribution in [0.4, 0.5) is 0 Å². The van der Waals surface area contributed by atoms with Crippen LogP contribution in [-0.2, 0) is 0 Å². The van der Waals surface area contributed by atoms with E-state index >= 15 is 0 Å². The molecule has 94 valence electrons. The highest BCUT2D eigenvalue weighted by Crippen LogP contribution is 2.45. The Labute approximate surface area is 156 Å². The summed E-state index contributed by atoms with van der Waals surface area (Å²) in [6, 6.07) is 8.13. The van der Waals surface area contributed by atoms with E-state index in [0.717, 1.165) is 38.0 Å². The molecule has 0 aromatic heterocycles. The maximum absolute atomic E-state index is 3.63. The lowest BCUT2D eigenvalue weighted by Crippen LogP contribution is -1.87. The summed E-state index contributed by atoms with van der Waals surface area (Å²) in [5.74, 6) is 0. The summed E-state index contributed by atoms with van der Waals surface area (Å²) in [4.78, 5) is 0. The minimum Gasteiger partial charge on any atom is -0.0508 e. The second-order valence-electron chi connectivity index (χ2n) is 3.47. The highest BCUT2D eigenvalue weighted by atomic mass is 79.9. The molecule has 0 bridgehead atoms. The Morgan fingerprint density at radius 1 is 0.611 bits per heavy atom. The molecule has 0 N–H and O–H groups in total. The summed E-state index contributed by atoms with van der Waals surface area (Å²) in [6.07, 6.45) is 0. The molecule has 0 aliphatic rings. The van der Waals surface area contributed by atoms with Crippen LogP contribution in [0.5, 0.6) is 0 Å². The monoisotopic (exact) mass is 622 g/mol. The molecule has 0 heterocycles. The van der Waals surface area contributed by atoms with Crippen molar-refractivity contribution in [2.45, 2.75) is 0 Å². The van der Waals surface area contributed by atoms with Crippen molar-refractivity contribution in [3.63, 3.8) is 0 Å². The molecular weight excluding hydrogens is 624 g/mol. The number of halogens is 6. The van der Waals surface area contributed by atoms with Crippen molar-refractivity contribution in [2.24, 2.45) is 0 Å². The van der Waals surface area contributed by atoms with Crippen LogP contribution in [0.2, 0.25) is 0 Å². The number of hydrogen-bond donors (Lipinski definition) is 0. The summed E-state index contributed by atoms with van der Waals surface area (Å²) in [6.45, 7) is 0. The highest BCUT2D eigenvalue weighted by Gasteiger charge is 2.16. The predicted octanol–water partition coefficient (Wildman–Crippen LogP) is 7.93. The Bertz CT molecular complexity index is 620. The normalized spacial score (nSPS) is 10.8. The zero-order chi connectivity index (χ0) is 13.4. The van der Waals surface area contributed by atoms with Gasteiger partial charge in [-0.1, -0.05) is 47.8 Å². The van der Waals surface area contributed by atoms with Gasteiger partial charge < -0.3 is 0 Å². The van der Waals surface area contributed by atoms with Gasteiger partial charge in [-0.3, -0.25) is 0 Å². The fraction of sp³-hybridized carbons (Fsp3) is 0. The van der Waals surface area contributed by atoms with Crippen molar-refractivity contribution in [1.29, 1.82) is 0 Å². The van der Waals surface area contributed by atoms with Gasteiger partial charge in [-0.2, -0.15) is 0 Å². The molecule has 2 rings (SSSR count). The number of hydrogen-bond acceptors (Lipinski definition) is 0. The van der Waals surface area contributed by atoms with Gasteiger partial charge in [-0.15, -0.1) is 0 Å². The third-order valence-corrected chi connectivity index (χ3v) is 7.43. The van der Waals surface area contributed by atoms with Crippen molar-refractivity contribution in [1.82, 2.24) is 0 Å². The lowest BCUT2D eigenvalue weighted by molar-refractivity contribution is 1.46. The van der Waals surface area contributed by atoms with Gasteiger partial charge in [-0.25, -0.2) is 0 Å². The van der Waals surface area contributed by atoms with Gasteiger partial charge in [0.2, 0.25) is 0 Å². The standard InChI is InChI=1S/C12H4Br6/c13-5-1-2-7(14)6(3-5)10-8(15)4-9(16)11(17)12(10)18/h1-4H. The van der Waals surface area contributed by atoms with Crippen LogP contribution in [0.25, 0.3) is 11.1 Å². The van der Waals surface area contributed by atoms with Crippen molar-refractivity contribution in [3.05, 3.63) is 51.1 Å². The third-order valence-electron chi connectivity index (χ3n) is 2.31. The van der Waals surface area contributed by atoms with Crippen LogP contribution in [-0.4, -0.2) is 0 Å². The molecule has 0 aliphatic heterocycles. The van der Waals surface area contributed by atoms with E-state index < -0.39 is 0 Å². The SMILES string of the molecule is Brc1ccc(Br)c(-c2c(Br)cc(Br)c(Br)c2Br)c1. The van der Waals surface area contributed by atoms with Crippen LogP contribution in [0, 0.1) is 0 Å². The first-order valence-electron chi connectivity index (χ1n) is 4.70. The van der Waals surface area contributed by atoms with Gasteiger partial charge in [0.05, 0.1) is 0 Å². The number of rotatable bonds is 1. The van der Waals surface area contributed by atoms with E-state index in [1.165, 1.54) is 0 Å². The highest BCUT2D eigenvalue weighted by molar-refractivity contribution is 9.14. The zero-order valence-electron chi connectivity index (χ0n) is 8.58. The van der Waals surface area contributed by atoms with E-state index in [1.807, 2.05) is 18.2 Å². The molecule has 2 aromatic carbocycles. The molecule has 0 spiro atoms. The van der Waals surface area contributed by atoms with Crippen molar-refractivity contribution in [2.75, 3.05) is 0 Å². The van der Waals surface area contributed by atoms with E-state index in [0.29, 0.717) is 0 Å². The maximum atomic E-state index is 3.63.